The van der Waals surface area contributed by atoms with Gasteiger partial charge in [0.2, 0.25) is 11.6 Å². The molecule has 0 radical (unpaired) electrons. The number of nitrogens with zero attached hydrogens (tertiary/aromatic N) is 2. The molecule has 2 unspecified atom stereocenters. The lowest BCUT2D eigenvalue weighted by molar-refractivity contribution is -0.133. The van der Waals surface area contributed by atoms with E-state index in [9.17, 15) is 14.4 Å². The fourth-order valence-corrected chi connectivity index (χ4v) is 7.20. The Hall–Kier alpha value is -1.70. The highest BCUT2D eigenvalue weighted by Crippen LogP contribution is 2.43. The number of Topliss-reactive ketones (excluding diaryl/α,β-unsaturated/α-hetero) is 3. The van der Waals surface area contributed by atoms with E-state index in [0.717, 1.165) is 31.2 Å². The van der Waals surface area contributed by atoms with Gasteiger partial charge in [-0.15, -0.1) is 23.1 Å². The maximum atomic E-state index is 13.2. The number of rotatable bonds is 3. The number of carbonyl (C=O) groups excluding carboxylic acids is 3. The Kier molecular flexibility index (Phi) is 5.69. The number of hydrogen-bond acceptors (Lipinski definition) is 7. The van der Waals surface area contributed by atoms with Gasteiger partial charge in [-0.2, -0.15) is 0 Å². The van der Waals surface area contributed by atoms with Crippen molar-refractivity contribution in [3.8, 4) is 0 Å². The van der Waals surface area contributed by atoms with Crippen molar-refractivity contribution in [1.29, 1.82) is 0 Å². The lowest BCUT2D eigenvalue weighted by atomic mass is 10.0. The zero-order chi connectivity index (χ0) is 20.7. The molecule has 0 spiro atoms. The molecule has 1 aromatic heterocycles. The second-order valence-electron chi connectivity index (χ2n) is 8.42. The standard InChI is InChI=1S/C23H26N2O3S2/c26-21-19(15-7-9-17(29-15)24-11-3-1-4-12-24)22(27)23(28)20(21)16-8-10-18(30-16)25-13-5-2-6-14-25/h7-10,17,20H,1-6,11-14H2. The van der Waals surface area contributed by atoms with E-state index in [-0.39, 0.29) is 16.7 Å². The Morgan fingerprint density at radius 3 is 2.27 bits per heavy atom. The third-order valence-corrected chi connectivity index (χ3v) is 8.95. The molecular weight excluding hydrogens is 416 g/mol. The van der Waals surface area contributed by atoms with Crippen LogP contribution in [0.5, 0.6) is 0 Å². The van der Waals surface area contributed by atoms with E-state index in [4.69, 9.17) is 0 Å². The van der Waals surface area contributed by atoms with Crippen LogP contribution in [0.4, 0.5) is 5.00 Å². The Morgan fingerprint density at radius 1 is 0.833 bits per heavy atom. The molecule has 7 heteroatoms. The first-order valence-electron chi connectivity index (χ1n) is 10.9. The predicted molar refractivity (Wildman–Crippen MR) is 121 cm³/mol. The number of piperidine rings is 2. The number of allylic oxidation sites excluding steroid dienone is 2. The van der Waals surface area contributed by atoms with Crippen LogP contribution in [-0.4, -0.2) is 53.8 Å². The summed E-state index contributed by atoms with van der Waals surface area (Å²) in [5, 5.41) is 1.26. The summed E-state index contributed by atoms with van der Waals surface area (Å²) in [5.41, 5.74) is 0.110. The van der Waals surface area contributed by atoms with Crippen LogP contribution in [0.1, 0.15) is 49.3 Å². The van der Waals surface area contributed by atoms with Crippen LogP contribution in [0, 0.1) is 0 Å². The van der Waals surface area contributed by atoms with Gasteiger partial charge in [0.05, 0.1) is 15.9 Å². The quantitative estimate of drug-likeness (QED) is 0.306. The van der Waals surface area contributed by atoms with E-state index in [1.165, 1.54) is 49.9 Å². The molecule has 5 nitrogen and oxygen atoms in total. The summed E-state index contributed by atoms with van der Waals surface area (Å²) in [6, 6.07) is 3.86. The van der Waals surface area contributed by atoms with E-state index in [0.29, 0.717) is 9.78 Å². The minimum absolute atomic E-state index is 0.110. The molecule has 1 aromatic rings. The third-order valence-electron chi connectivity index (χ3n) is 6.44. The number of carbonyl (C=O) groups is 3. The fraction of sp³-hybridized carbons (Fsp3) is 0.522. The van der Waals surface area contributed by atoms with E-state index >= 15 is 0 Å². The number of likely N-dealkylation sites (tertiary alicyclic amines) is 1. The Bertz CT molecular complexity index is 936. The van der Waals surface area contributed by atoms with Gasteiger partial charge in [-0.25, -0.2) is 0 Å². The molecule has 0 aromatic carbocycles. The SMILES string of the molecule is O=C1C(=O)C(c2ccc(N3CCCCC3)s2)C(=O)C1=C1C=CC(N2CCCCC2)S1. The van der Waals surface area contributed by atoms with Crippen LogP contribution in [0.2, 0.25) is 0 Å². The van der Waals surface area contributed by atoms with Crippen molar-refractivity contribution in [1.82, 2.24) is 4.90 Å². The molecule has 2 atom stereocenters. The first-order valence-corrected chi connectivity index (χ1v) is 12.6. The molecule has 3 aliphatic heterocycles. The summed E-state index contributed by atoms with van der Waals surface area (Å²) >= 11 is 3.04. The van der Waals surface area contributed by atoms with Crippen molar-refractivity contribution in [2.75, 3.05) is 31.1 Å². The molecule has 4 aliphatic rings. The van der Waals surface area contributed by atoms with Gasteiger partial charge in [0, 0.05) is 22.9 Å². The molecular formula is C23H26N2O3S2. The van der Waals surface area contributed by atoms with Crippen molar-refractivity contribution in [2.45, 2.75) is 49.8 Å². The molecule has 1 aliphatic carbocycles. The number of ketones is 3. The van der Waals surface area contributed by atoms with Gasteiger partial charge in [-0.1, -0.05) is 12.5 Å². The minimum Gasteiger partial charge on any atom is -0.363 e. The molecule has 30 heavy (non-hydrogen) atoms. The minimum atomic E-state index is -0.952. The van der Waals surface area contributed by atoms with Gasteiger partial charge in [0.25, 0.3) is 0 Å². The molecule has 0 amide bonds. The molecule has 4 heterocycles. The van der Waals surface area contributed by atoms with E-state index in [1.54, 1.807) is 11.8 Å². The zero-order valence-electron chi connectivity index (χ0n) is 17.0. The third kappa shape index (κ3) is 3.61. The fourth-order valence-electron chi connectivity index (χ4n) is 4.79. The highest BCUT2D eigenvalue weighted by molar-refractivity contribution is 8.04. The van der Waals surface area contributed by atoms with Gasteiger partial charge < -0.3 is 4.90 Å². The average molecular weight is 443 g/mol. The van der Waals surface area contributed by atoms with E-state index in [1.807, 2.05) is 18.2 Å². The number of hydrogen-bond donors (Lipinski definition) is 0. The van der Waals surface area contributed by atoms with E-state index in [2.05, 4.69) is 15.9 Å². The largest absolute Gasteiger partial charge is 0.363 e. The van der Waals surface area contributed by atoms with Crippen molar-refractivity contribution in [2.24, 2.45) is 0 Å². The molecule has 1 saturated carbocycles. The molecule has 2 saturated heterocycles. The maximum absolute atomic E-state index is 13.2. The monoisotopic (exact) mass is 442 g/mol. The summed E-state index contributed by atoms with van der Waals surface area (Å²) < 4.78 is 0. The summed E-state index contributed by atoms with van der Waals surface area (Å²) in [5.74, 6) is -2.44. The summed E-state index contributed by atoms with van der Waals surface area (Å²) in [4.78, 5) is 44.9. The Balaban J connectivity index is 1.37. The smallest absolute Gasteiger partial charge is 0.234 e. The molecule has 158 valence electrons. The number of anilines is 1. The van der Waals surface area contributed by atoms with Crippen LogP contribution < -0.4 is 4.90 Å². The number of thiophene rings is 1. The van der Waals surface area contributed by atoms with Crippen LogP contribution >= 0.6 is 23.1 Å². The van der Waals surface area contributed by atoms with Crippen LogP contribution in [0.3, 0.4) is 0 Å². The second kappa shape index (κ2) is 8.44. The Morgan fingerprint density at radius 2 is 1.53 bits per heavy atom. The highest BCUT2D eigenvalue weighted by Gasteiger charge is 2.48. The van der Waals surface area contributed by atoms with Gasteiger partial charge in [-0.05, 0) is 63.4 Å². The van der Waals surface area contributed by atoms with Crippen molar-refractivity contribution >= 4 is 45.4 Å². The second-order valence-corrected chi connectivity index (χ2v) is 10.7. The van der Waals surface area contributed by atoms with Crippen LogP contribution in [0.15, 0.2) is 34.8 Å². The van der Waals surface area contributed by atoms with Gasteiger partial charge in [0.15, 0.2) is 5.78 Å². The van der Waals surface area contributed by atoms with Gasteiger partial charge in [0.1, 0.15) is 5.92 Å². The maximum Gasteiger partial charge on any atom is 0.234 e. The highest BCUT2D eigenvalue weighted by atomic mass is 32.2. The molecule has 0 bridgehead atoms. The van der Waals surface area contributed by atoms with Crippen molar-refractivity contribution in [3.05, 3.63) is 39.6 Å². The molecule has 0 N–H and O–H groups in total. The van der Waals surface area contributed by atoms with Crippen molar-refractivity contribution in [3.63, 3.8) is 0 Å². The topological polar surface area (TPSA) is 57.7 Å². The van der Waals surface area contributed by atoms with Crippen LogP contribution in [-0.2, 0) is 14.4 Å². The zero-order valence-corrected chi connectivity index (χ0v) is 18.6. The van der Waals surface area contributed by atoms with E-state index < -0.39 is 17.5 Å². The summed E-state index contributed by atoms with van der Waals surface area (Å²) in [6.07, 6.45) is 11.2. The first-order chi connectivity index (χ1) is 14.6. The normalized spacial score (nSPS) is 30.7. The lowest BCUT2D eigenvalue weighted by Gasteiger charge is -2.30. The average Bonchev–Trinajstić information content (AvgIpc) is 3.49. The summed E-state index contributed by atoms with van der Waals surface area (Å²) in [6.45, 7) is 4.12. The Labute approximate surface area is 185 Å². The van der Waals surface area contributed by atoms with Crippen molar-refractivity contribution < 1.29 is 14.4 Å². The first kappa shape index (κ1) is 20.2. The molecule has 3 fully saturated rings. The number of thioether (sulfide) groups is 1. The van der Waals surface area contributed by atoms with Gasteiger partial charge >= 0.3 is 0 Å². The predicted octanol–water partition coefficient (Wildman–Crippen LogP) is 3.91. The summed E-state index contributed by atoms with van der Waals surface area (Å²) in [7, 11) is 0. The lowest BCUT2D eigenvalue weighted by Crippen LogP contribution is -2.35. The molecule has 5 rings (SSSR count). The van der Waals surface area contributed by atoms with Crippen LogP contribution in [0.25, 0.3) is 0 Å². The van der Waals surface area contributed by atoms with Gasteiger partial charge in [-0.3, -0.25) is 19.3 Å².